The first-order chi connectivity index (χ1) is 14.7. The number of nitrogens with zero attached hydrogens (tertiary/aromatic N) is 2. The second kappa shape index (κ2) is 7.41. The van der Waals surface area contributed by atoms with Crippen LogP contribution in [-0.4, -0.2) is 32.7 Å². The molecule has 30 heavy (non-hydrogen) atoms. The molecule has 0 fully saturated rings. The molecule has 0 aromatic heterocycles. The lowest BCUT2D eigenvalue weighted by Crippen LogP contribution is -2.41. The number of hydrogen-bond donors (Lipinski definition) is 0. The maximum Gasteiger partial charge on any atom is 0.260 e. The topological polar surface area (TPSA) is 42.0 Å². The smallest absolute Gasteiger partial charge is 0.260 e. The zero-order chi connectivity index (χ0) is 20.7. The molecule has 0 saturated carbocycles. The Morgan fingerprint density at radius 3 is 2.53 bits per heavy atom. The molecule has 0 bridgehead atoms. The average molecular weight is 400 g/mol. The molecule has 5 nitrogen and oxygen atoms in total. The Balaban J connectivity index is 1.52. The number of amides is 1. The molecule has 5 heteroatoms. The third-order valence-electron chi connectivity index (χ3n) is 5.94. The summed E-state index contributed by atoms with van der Waals surface area (Å²) < 4.78 is 11.7. The van der Waals surface area contributed by atoms with Gasteiger partial charge in [-0.2, -0.15) is 0 Å². The Hall–Kier alpha value is -3.47. The molecule has 152 valence electrons. The van der Waals surface area contributed by atoms with Crippen molar-refractivity contribution in [3.8, 4) is 11.5 Å². The highest BCUT2D eigenvalue weighted by Crippen LogP contribution is 2.42. The minimum absolute atomic E-state index is 0.0113. The normalized spacial score (nSPS) is 17.1. The van der Waals surface area contributed by atoms with E-state index in [9.17, 15) is 4.79 Å². The monoisotopic (exact) mass is 400 g/mol. The van der Waals surface area contributed by atoms with Gasteiger partial charge in [0.2, 0.25) is 0 Å². The van der Waals surface area contributed by atoms with Crippen molar-refractivity contribution in [3.05, 3.63) is 83.4 Å². The fraction of sp³-hybridized carbons (Fsp3) is 0.240. The highest BCUT2D eigenvalue weighted by atomic mass is 16.5. The van der Waals surface area contributed by atoms with Crippen molar-refractivity contribution in [1.29, 1.82) is 0 Å². The number of rotatable bonds is 4. The van der Waals surface area contributed by atoms with Crippen molar-refractivity contribution in [1.82, 2.24) is 0 Å². The molecule has 2 heterocycles. The minimum Gasteiger partial charge on any atom is -0.493 e. The predicted molar refractivity (Wildman–Crippen MR) is 118 cm³/mol. The number of anilines is 2. The number of methoxy groups -OCH3 is 1. The van der Waals surface area contributed by atoms with E-state index in [-0.39, 0.29) is 11.9 Å². The zero-order valence-electron chi connectivity index (χ0n) is 17.2. The Kier molecular flexibility index (Phi) is 4.58. The van der Waals surface area contributed by atoms with Crippen LogP contribution in [-0.2, 0) is 13.0 Å². The second-order valence-corrected chi connectivity index (χ2v) is 7.84. The van der Waals surface area contributed by atoms with Crippen molar-refractivity contribution < 1.29 is 14.3 Å². The number of carbonyl (C=O) groups is 1. The number of hydrogen-bond acceptors (Lipinski definition) is 4. The van der Waals surface area contributed by atoms with E-state index in [2.05, 4.69) is 11.0 Å². The molecule has 1 atom stereocenters. The fourth-order valence-electron chi connectivity index (χ4n) is 4.47. The van der Waals surface area contributed by atoms with Crippen LogP contribution in [0, 0.1) is 0 Å². The molecule has 0 spiro atoms. The summed E-state index contributed by atoms with van der Waals surface area (Å²) in [6.07, 6.45) is 0.870. The predicted octanol–water partition coefficient (Wildman–Crippen LogP) is 4.30. The number of likely N-dealkylation sites (N-methyl/N-ethyl adjacent to an activating group) is 1. The molecule has 0 unspecified atom stereocenters. The lowest BCUT2D eigenvalue weighted by Gasteiger charge is -2.25. The zero-order valence-corrected chi connectivity index (χ0v) is 17.2. The Morgan fingerprint density at radius 2 is 1.73 bits per heavy atom. The molecule has 2 aliphatic heterocycles. The SMILES string of the molecule is COc1cc2c(cc1OCc1ccccc1)N(C)C[C@@H]1Cc3ccccc3N1C2=O. The van der Waals surface area contributed by atoms with E-state index < -0.39 is 0 Å². The van der Waals surface area contributed by atoms with E-state index >= 15 is 0 Å². The van der Waals surface area contributed by atoms with Crippen molar-refractivity contribution in [2.24, 2.45) is 0 Å². The summed E-state index contributed by atoms with van der Waals surface area (Å²) in [5.41, 5.74) is 4.83. The van der Waals surface area contributed by atoms with Gasteiger partial charge in [0.1, 0.15) is 6.61 Å². The van der Waals surface area contributed by atoms with E-state index in [0.717, 1.165) is 29.9 Å². The highest BCUT2D eigenvalue weighted by molar-refractivity contribution is 6.12. The molecule has 0 radical (unpaired) electrons. The van der Waals surface area contributed by atoms with Gasteiger partial charge in [-0.3, -0.25) is 4.79 Å². The number of ether oxygens (including phenoxy) is 2. The summed E-state index contributed by atoms with van der Waals surface area (Å²) in [6.45, 7) is 1.20. The molecule has 3 aromatic carbocycles. The molecule has 2 aliphatic rings. The summed E-state index contributed by atoms with van der Waals surface area (Å²) in [7, 11) is 3.64. The first-order valence-electron chi connectivity index (χ1n) is 10.2. The van der Waals surface area contributed by atoms with Gasteiger partial charge in [0, 0.05) is 25.3 Å². The van der Waals surface area contributed by atoms with E-state index in [0.29, 0.717) is 23.7 Å². The Labute approximate surface area is 176 Å². The lowest BCUT2D eigenvalue weighted by atomic mass is 10.1. The number of benzene rings is 3. The molecule has 0 N–H and O–H groups in total. The van der Waals surface area contributed by atoms with Crippen LogP contribution in [0.15, 0.2) is 66.7 Å². The van der Waals surface area contributed by atoms with Gasteiger partial charge in [-0.05, 0) is 29.7 Å². The molecule has 1 amide bonds. The van der Waals surface area contributed by atoms with Gasteiger partial charge in [-0.15, -0.1) is 0 Å². The van der Waals surface area contributed by atoms with E-state index in [1.807, 2.05) is 72.6 Å². The van der Waals surface area contributed by atoms with Gasteiger partial charge < -0.3 is 19.3 Å². The molecule has 0 aliphatic carbocycles. The van der Waals surface area contributed by atoms with Crippen LogP contribution in [0.3, 0.4) is 0 Å². The molecular weight excluding hydrogens is 376 g/mol. The summed E-state index contributed by atoms with van der Waals surface area (Å²) in [6, 6.07) is 22.1. The number of fused-ring (bicyclic) bond motifs is 4. The summed E-state index contributed by atoms with van der Waals surface area (Å²) >= 11 is 0. The van der Waals surface area contributed by atoms with Crippen LogP contribution >= 0.6 is 0 Å². The molecule has 5 rings (SSSR count). The van der Waals surface area contributed by atoms with Gasteiger partial charge in [0.25, 0.3) is 5.91 Å². The van der Waals surface area contributed by atoms with Crippen LogP contribution < -0.4 is 19.3 Å². The van der Waals surface area contributed by atoms with Gasteiger partial charge >= 0.3 is 0 Å². The third-order valence-corrected chi connectivity index (χ3v) is 5.94. The Morgan fingerprint density at radius 1 is 0.967 bits per heavy atom. The number of para-hydroxylation sites is 1. The fourth-order valence-corrected chi connectivity index (χ4v) is 4.47. The van der Waals surface area contributed by atoms with Crippen molar-refractivity contribution in [3.63, 3.8) is 0 Å². The van der Waals surface area contributed by atoms with Crippen LogP contribution in [0.5, 0.6) is 11.5 Å². The largest absolute Gasteiger partial charge is 0.493 e. The summed E-state index contributed by atoms with van der Waals surface area (Å²) in [5.74, 6) is 1.22. The van der Waals surface area contributed by atoms with Crippen molar-refractivity contribution in [2.75, 3.05) is 30.5 Å². The average Bonchev–Trinajstić information content (AvgIpc) is 3.10. The quantitative estimate of drug-likeness (QED) is 0.655. The van der Waals surface area contributed by atoms with Crippen LogP contribution in [0.1, 0.15) is 21.5 Å². The van der Waals surface area contributed by atoms with Gasteiger partial charge in [0.05, 0.1) is 24.4 Å². The summed E-state index contributed by atoms with van der Waals surface area (Å²) in [5, 5.41) is 0. The number of carbonyl (C=O) groups excluding carboxylic acids is 1. The molecule has 0 saturated heterocycles. The third kappa shape index (κ3) is 3.07. The van der Waals surface area contributed by atoms with Crippen LogP contribution in [0.4, 0.5) is 11.4 Å². The first-order valence-corrected chi connectivity index (χ1v) is 10.2. The minimum atomic E-state index is 0.0113. The Bertz CT molecular complexity index is 1100. The highest BCUT2D eigenvalue weighted by Gasteiger charge is 2.39. The maximum absolute atomic E-state index is 13.6. The van der Waals surface area contributed by atoms with Gasteiger partial charge in [-0.25, -0.2) is 0 Å². The van der Waals surface area contributed by atoms with E-state index in [4.69, 9.17) is 9.47 Å². The van der Waals surface area contributed by atoms with Gasteiger partial charge in [-0.1, -0.05) is 48.5 Å². The second-order valence-electron chi connectivity index (χ2n) is 7.84. The van der Waals surface area contributed by atoms with Crippen LogP contribution in [0.2, 0.25) is 0 Å². The van der Waals surface area contributed by atoms with Crippen molar-refractivity contribution in [2.45, 2.75) is 19.1 Å². The first kappa shape index (κ1) is 18.6. The lowest BCUT2D eigenvalue weighted by molar-refractivity contribution is 0.0983. The molecule has 3 aromatic rings. The van der Waals surface area contributed by atoms with Crippen molar-refractivity contribution >= 4 is 17.3 Å². The van der Waals surface area contributed by atoms with E-state index in [1.165, 1.54) is 5.56 Å². The standard InChI is InChI=1S/C25H24N2O3/c1-26-15-19-12-18-10-6-7-11-21(18)27(19)25(28)20-13-23(29-2)24(14-22(20)26)30-16-17-8-4-3-5-9-17/h3-11,13-14,19H,12,15-16H2,1-2H3/t19-/m0/s1. The van der Waals surface area contributed by atoms with Gasteiger partial charge in [0.15, 0.2) is 11.5 Å². The van der Waals surface area contributed by atoms with E-state index in [1.54, 1.807) is 7.11 Å². The maximum atomic E-state index is 13.6. The summed E-state index contributed by atoms with van der Waals surface area (Å²) in [4.78, 5) is 17.7. The molecular formula is C25H24N2O3. The van der Waals surface area contributed by atoms with Crippen LogP contribution in [0.25, 0.3) is 0 Å².